The first-order chi connectivity index (χ1) is 17.0. The van der Waals surface area contributed by atoms with Crippen molar-refractivity contribution in [1.29, 1.82) is 0 Å². The molecule has 0 spiro atoms. The van der Waals surface area contributed by atoms with Gasteiger partial charge in [0.1, 0.15) is 46.3 Å². The molecule has 0 fully saturated rings. The molecule has 0 aliphatic carbocycles. The van der Waals surface area contributed by atoms with E-state index < -0.39 is 30.2 Å². The quantitative estimate of drug-likeness (QED) is 0.0259. The lowest BCUT2D eigenvalue weighted by molar-refractivity contribution is -0.324. The third-order valence-corrected chi connectivity index (χ3v) is 3.10. The van der Waals surface area contributed by atoms with E-state index >= 15 is 0 Å². The van der Waals surface area contributed by atoms with Crippen molar-refractivity contribution in [2.45, 2.75) is 12.2 Å². The Bertz CT molecular complexity index is 658. The van der Waals surface area contributed by atoms with E-state index in [0.717, 1.165) is 18.6 Å². The number of carbonyl (C=O) groups is 3. The van der Waals surface area contributed by atoms with Crippen LogP contribution in [0.2, 0.25) is 0 Å². The lowest BCUT2D eigenvalue weighted by atomic mass is 10.4. The summed E-state index contributed by atoms with van der Waals surface area (Å²) in [7, 11) is 0. The Labute approximate surface area is 202 Å². The molecular formula is C21H30N2O12. The van der Waals surface area contributed by atoms with Gasteiger partial charge >= 0.3 is 18.0 Å². The summed E-state index contributed by atoms with van der Waals surface area (Å²) in [6.07, 6.45) is 3.01. The molecule has 0 aliphatic rings. The summed E-state index contributed by atoms with van der Waals surface area (Å²) in [4.78, 5) is 67.0. The summed E-state index contributed by atoms with van der Waals surface area (Å²) in [6, 6.07) is 0. The zero-order valence-corrected chi connectivity index (χ0v) is 19.2. The van der Waals surface area contributed by atoms with Crippen molar-refractivity contribution in [3.8, 4) is 0 Å². The van der Waals surface area contributed by atoms with Crippen molar-refractivity contribution < 1.29 is 57.9 Å². The second kappa shape index (κ2) is 22.2. The highest BCUT2D eigenvalue weighted by Crippen LogP contribution is 1.99. The maximum atomic E-state index is 11.9. The maximum absolute atomic E-state index is 11.9. The van der Waals surface area contributed by atoms with Crippen LogP contribution < -0.4 is 5.32 Å². The number of rotatable bonds is 22. The summed E-state index contributed by atoms with van der Waals surface area (Å²) < 4.78 is 14.7. The molecule has 14 heteroatoms. The van der Waals surface area contributed by atoms with Gasteiger partial charge in [0, 0.05) is 12.2 Å². The SMILES string of the molecule is C=CCOOCC(COOCC=C)OC(=O)NCN=COOC(COC(=O)C=C)COC(=O)C=C. The van der Waals surface area contributed by atoms with E-state index in [1.807, 2.05) is 0 Å². The summed E-state index contributed by atoms with van der Waals surface area (Å²) in [6.45, 7) is 12.6. The predicted molar refractivity (Wildman–Crippen MR) is 119 cm³/mol. The molecule has 0 heterocycles. The van der Waals surface area contributed by atoms with Crippen LogP contribution in [0.1, 0.15) is 0 Å². The first-order valence-electron chi connectivity index (χ1n) is 10.0. The third kappa shape index (κ3) is 19.6. The first kappa shape index (κ1) is 31.4. The average molecular weight is 502 g/mol. The van der Waals surface area contributed by atoms with Gasteiger partial charge in [0.15, 0.2) is 12.2 Å². The van der Waals surface area contributed by atoms with Crippen LogP contribution in [0.5, 0.6) is 0 Å². The standard InChI is InChI=1S/C21H30N2O12/c1-5-9-29-31-13-17(14-32-30-10-6-2)34-21(26)23-15-22-16-33-35-18(11-27-19(24)7-3)12-28-20(25)8-4/h5-8,16-18H,1-4,9-15H2,(H,23,26). The third-order valence-electron chi connectivity index (χ3n) is 3.10. The lowest BCUT2D eigenvalue weighted by Crippen LogP contribution is -2.34. The van der Waals surface area contributed by atoms with Gasteiger partial charge in [-0.05, 0) is 0 Å². The van der Waals surface area contributed by atoms with E-state index in [0.29, 0.717) is 0 Å². The number of alkyl carbamates (subject to hydrolysis) is 1. The number of aliphatic imine (C=N–C) groups is 1. The topological polar surface area (TPSA) is 159 Å². The van der Waals surface area contributed by atoms with Crippen LogP contribution in [-0.4, -0.2) is 83.0 Å². The second-order valence-electron chi connectivity index (χ2n) is 5.85. The molecule has 0 unspecified atom stereocenters. The minimum absolute atomic E-state index is 0.137. The highest BCUT2D eigenvalue weighted by Gasteiger charge is 2.17. The van der Waals surface area contributed by atoms with Gasteiger partial charge in [-0.2, -0.15) is 4.89 Å². The number of hydrogen-bond acceptors (Lipinski definition) is 13. The van der Waals surface area contributed by atoms with E-state index in [4.69, 9.17) is 43.5 Å². The molecule has 196 valence electrons. The monoisotopic (exact) mass is 502 g/mol. The average Bonchev–Trinajstić information content (AvgIpc) is 2.86. The Morgan fingerprint density at radius 3 is 1.80 bits per heavy atom. The van der Waals surface area contributed by atoms with Crippen molar-refractivity contribution in [2.75, 3.05) is 46.3 Å². The van der Waals surface area contributed by atoms with E-state index in [2.05, 4.69) is 36.6 Å². The molecule has 0 saturated heterocycles. The molecule has 0 saturated carbocycles. The largest absolute Gasteiger partial charge is 0.459 e. The van der Waals surface area contributed by atoms with Gasteiger partial charge in [0.25, 0.3) is 0 Å². The molecule has 0 atom stereocenters. The van der Waals surface area contributed by atoms with Crippen LogP contribution in [0.15, 0.2) is 55.6 Å². The zero-order chi connectivity index (χ0) is 26.2. The summed E-state index contributed by atoms with van der Waals surface area (Å²) >= 11 is 0. The van der Waals surface area contributed by atoms with Gasteiger partial charge in [-0.3, -0.25) is 0 Å². The fourth-order valence-corrected chi connectivity index (χ4v) is 1.60. The summed E-state index contributed by atoms with van der Waals surface area (Å²) in [5.74, 6) is -1.42. The minimum Gasteiger partial charge on any atom is -0.459 e. The molecule has 35 heavy (non-hydrogen) atoms. The van der Waals surface area contributed by atoms with Gasteiger partial charge in [-0.15, -0.1) is 13.2 Å². The van der Waals surface area contributed by atoms with Crippen LogP contribution >= 0.6 is 0 Å². The molecule has 1 N–H and O–H groups in total. The molecule has 14 nitrogen and oxygen atoms in total. The van der Waals surface area contributed by atoms with E-state index in [9.17, 15) is 14.4 Å². The minimum atomic E-state index is -0.973. The smallest absolute Gasteiger partial charge is 0.409 e. The number of nitrogens with zero attached hydrogens (tertiary/aromatic N) is 1. The highest BCUT2D eigenvalue weighted by atomic mass is 17.2. The number of nitrogens with one attached hydrogen (secondary N) is 1. The van der Waals surface area contributed by atoms with Crippen molar-refractivity contribution in [2.24, 2.45) is 4.99 Å². The summed E-state index contributed by atoms with van der Waals surface area (Å²) in [5.41, 5.74) is 0. The Kier molecular flexibility index (Phi) is 20.0. The number of esters is 2. The highest BCUT2D eigenvalue weighted by molar-refractivity contribution is 5.81. The Hall–Kier alpha value is -3.56. The van der Waals surface area contributed by atoms with Crippen LogP contribution in [0.25, 0.3) is 0 Å². The number of ether oxygens (including phenoxy) is 3. The van der Waals surface area contributed by atoms with Crippen molar-refractivity contribution >= 4 is 24.4 Å². The summed E-state index contributed by atoms with van der Waals surface area (Å²) in [5, 5.41) is 2.32. The molecule has 1 amide bonds. The number of hydrogen-bond donors (Lipinski definition) is 1. The van der Waals surface area contributed by atoms with Crippen molar-refractivity contribution in [1.82, 2.24) is 5.32 Å². The fraction of sp³-hybridized carbons (Fsp3) is 0.429. The Morgan fingerprint density at radius 1 is 0.771 bits per heavy atom. The molecule has 0 aromatic heterocycles. The predicted octanol–water partition coefficient (Wildman–Crippen LogP) is 1.11. The molecular weight excluding hydrogens is 472 g/mol. The van der Waals surface area contributed by atoms with Crippen molar-refractivity contribution in [3.63, 3.8) is 0 Å². The first-order valence-corrected chi connectivity index (χ1v) is 10.0. The van der Waals surface area contributed by atoms with E-state index in [1.165, 1.54) is 12.2 Å². The number of amides is 1. The van der Waals surface area contributed by atoms with E-state index in [-0.39, 0.29) is 46.3 Å². The molecule has 0 rings (SSSR count). The molecule has 0 radical (unpaired) electrons. The maximum Gasteiger partial charge on any atom is 0.409 e. The molecule has 0 aromatic rings. The van der Waals surface area contributed by atoms with Gasteiger partial charge in [-0.25, -0.2) is 38.9 Å². The number of carbonyl (C=O) groups excluding carboxylic acids is 3. The normalized spacial score (nSPS) is 10.6. The van der Waals surface area contributed by atoms with Gasteiger partial charge < -0.3 is 24.4 Å². The Balaban J connectivity index is 4.40. The zero-order valence-electron chi connectivity index (χ0n) is 19.2. The molecule has 0 aromatic carbocycles. The van der Waals surface area contributed by atoms with Crippen LogP contribution in [0.3, 0.4) is 0 Å². The lowest BCUT2D eigenvalue weighted by Gasteiger charge is -2.16. The second-order valence-corrected chi connectivity index (χ2v) is 5.85. The Morgan fingerprint density at radius 2 is 1.31 bits per heavy atom. The van der Waals surface area contributed by atoms with Gasteiger partial charge in [0.2, 0.25) is 6.40 Å². The molecule has 0 aliphatic heterocycles. The van der Waals surface area contributed by atoms with Crippen LogP contribution in [-0.2, 0) is 53.1 Å². The molecule has 0 bridgehead atoms. The van der Waals surface area contributed by atoms with Gasteiger partial charge in [0.05, 0.1) is 0 Å². The van der Waals surface area contributed by atoms with Crippen LogP contribution in [0, 0.1) is 0 Å². The van der Waals surface area contributed by atoms with Crippen molar-refractivity contribution in [3.05, 3.63) is 50.6 Å². The van der Waals surface area contributed by atoms with E-state index in [1.54, 1.807) is 0 Å². The van der Waals surface area contributed by atoms with Crippen LogP contribution in [0.4, 0.5) is 4.79 Å². The fourth-order valence-electron chi connectivity index (χ4n) is 1.60. The van der Waals surface area contributed by atoms with Gasteiger partial charge in [-0.1, -0.05) is 25.3 Å².